The molecule has 0 fully saturated rings. The van der Waals surface area contributed by atoms with Gasteiger partial charge in [0, 0.05) is 6.92 Å². The first-order valence-electron chi connectivity index (χ1n) is 8.68. The fourth-order valence-corrected chi connectivity index (χ4v) is 3.95. The monoisotopic (exact) mass is 374 g/mol. The zero-order valence-corrected chi connectivity index (χ0v) is 16.6. The lowest BCUT2D eigenvalue weighted by molar-refractivity contribution is -0.131. The molecule has 2 aromatic carbocycles. The molecule has 2 rings (SSSR count). The highest BCUT2D eigenvalue weighted by molar-refractivity contribution is 7.91. The van der Waals surface area contributed by atoms with Gasteiger partial charge >= 0.3 is 5.97 Å². The normalized spacial score (nSPS) is 12.0. The SMILES string of the molecule is CC(=O)Oc1ccc(CCCS(=O)(=O)c2ccc(C(C)(C)C)cc2)cc1. The van der Waals surface area contributed by atoms with Gasteiger partial charge in [0.1, 0.15) is 5.75 Å². The number of sulfone groups is 1. The predicted octanol–water partition coefficient (Wildman–Crippen LogP) is 4.32. The van der Waals surface area contributed by atoms with Crippen molar-refractivity contribution in [1.29, 1.82) is 0 Å². The second-order valence-electron chi connectivity index (χ2n) is 7.43. The molecule has 0 N–H and O–H groups in total. The maximum atomic E-state index is 12.5. The predicted molar refractivity (Wildman–Crippen MR) is 103 cm³/mol. The Hall–Kier alpha value is -2.14. The van der Waals surface area contributed by atoms with Crippen LogP contribution < -0.4 is 4.74 Å². The minimum Gasteiger partial charge on any atom is -0.427 e. The molecule has 0 spiro atoms. The Balaban J connectivity index is 1.94. The van der Waals surface area contributed by atoms with Crippen molar-refractivity contribution in [3.63, 3.8) is 0 Å². The van der Waals surface area contributed by atoms with Crippen LogP contribution in [0.4, 0.5) is 0 Å². The molecular weight excluding hydrogens is 348 g/mol. The molecule has 0 unspecified atom stereocenters. The van der Waals surface area contributed by atoms with E-state index in [-0.39, 0.29) is 17.1 Å². The first-order chi connectivity index (χ1) is 12.1. The molecule has 0 aliphatic heterocycles. The van der Waals surface area contributed by atoms with Crippen LogP contribution in [0.1, 0.15) is 45.2 Å². The standard InChI is InChI=1S/C21H26O4S/c1-16(22)25-19-11-7-17(8-12-19)6-5-15-26(23,24)20-13-9-18(10-14-20)21(2,3)4/h7-14H,5-6,15H2,1-4H3. The summed E-state index contributed by atoms with van der Waals surface area (Å²) in [5.74, 6) is 0.238. The van der Waals surface area contributed by atoms with Crippen molar-refractivity contribution in [3.05, 3.63) is 59.7 Å². The van der Waals surface area contributed by atoms with E-state index in [1.54, 1.807) is 24.3 Å². The maximum Gasteiger partial charge on any atom is 0.308 e. The fraction of sp³-hybridized carbons (Fsp3) is 0.381. The molecule has 0 atom stereocenters. The highest BCUT2D eigenvalue weighted by Gasteiger charge is 2.17. The van der Waals surface area contributed by atoms with Crippen LogP contribution in [0.3, 0.4) is 0 Å². The summed E-state index contributed by atoms with van der Waals surface area (Å²) in [5.41, 5.74) is 2.13. The van der Waals surface area contributed by atoms with E-state index in [4.69, 9.17) is 4.74 Å². The van der Waals surface area contributed by atoms with Crippen LogP contribution >= 0.6 is 0 Å². The zero-order chi connectivity index (χ0) is 19.4. The number of benzene rings is 2. The third kappa shape index (κ3) is 5.70. The quantitative estimate of drug-likeness (QED) is 0.558. The summed E-state index contributed by atoms with van der Waals surface area (Å²) in [4.78, 5) is 11.3. The average Bonchev–Trinajstić information content (AvgIpc) is 2.55. The van der Waals surface area contributed by atoms with E-state index in [0.29, 0.717) is 23.5 Å². The van der Waals surface area contributed by atoms with Crippen LogP contribution in [0.15, 0.2) is 53.4 Å². The first-order valence-corrected chi connectivity index (χ1v) is 10.3. The van der Waals surface area contributed by atoms with Crippen molar-refractivity contribution in [2.45, 2.75) is 50.8 Å². The van der Waals surface area contributed by atoms with Gasteiger partial charge in [-0.1, -0.05) is 45.0 Å². The van der Waals surface area contributed by atoms with Crippen LogP contribution in [0.2, 0.25) is 0 Å². The summed E-state index contributed by atoms with van der Waals surface area (Å²) < 4.78 is 30.0. The van der Waals surface area contributed by atoms with Crippen LogP contribution in [-0.2, 0) is 26.5 Å². The Labute approximate surface area is 156 Å². The van der Waals surface area contributed by atoms with Crippen LogP contribution in [0, 0.1) is 0 Å². The van der Waals surface area contributed by atoms with Gasteiger partial charge in [0.25, 0.3) is 0 Å². The van der Waals surface area contributed by atoms with Crippen LogP contribution in [0.5, 0.6) is 5.75 Å². The van der Waals surface area contributed by atoms with Crippen molar-refractivity contribution in [2.24, 2.45) is 0 Å². The van der Waals surface area contributed by atoms with Crippen molar-refractivity contribution < 1.29 is 17.9 Å². The third-order valence-electron chi connectivity index (χ3n) is 4.14. The van der Waals surface area contributed by atoms with Gasteiger partial charge in [-0.2, -0.15) is 0 Å². The molecule has 0 heterocycles. The number of hydrogen-bond donors (Lipinski definition) is 0. The van der Waals surface area contributed by atoms with Crippen molar-refractivity contribution >= 4 is 15.8 Å². The second kappa shape index (κ2) is 8.04. The summed E-state index contributed by atoms with van der Waals surface area (Å²) in [6, 6.07) is 14.3. The Morgan fingerprint density at radius 1 is 0.962 bits per heavy atom. The molecule has 2 aromatic rings. The summed E-state index contributed by atoms with van der Waals surface area (Å²) in [5, 5.41) is 0. The number of aryl methyl sites for hydroxylation is 1. The molecule has 0 saturated heterocycles. The molecular formula is C21H26O4S. The highest BCUT2D eigenvalue weighted by atomic mass is 32.2. The van der Waals surface area contributed by atoms with Gasteiger partial charge in [0.05, 0.1) is 10.6 Å². The van der Waals surface area contributed by atoms with Gasteiger partial charge in [0.15, 0.2) is 9.84 Å². The van der Waals surface area contributed by atoms with Gasteiger partial charge < -0.3 is 4.74 Å². The van der Waals surface area contributed by atoms with E-state index in [1.165, 1.54) is 6.92 Å². The Kier molecular flexibility index (Phi) is 6.24. The summed E-state index contributed by atoms with van der Waals surface area (Å²) in [6.45, 7) is 7.66. The van der Waals surface area contributed by atoms with E-state index in [2.05, 4.69) is 20.8 Å². The summed E-state index contributed by atoms with van der Waals surface area (Å²) >= 11 is 0. The highest BCUT2D eigenvalue weighted by Crippen LogP contribution is 2.24. The average molecular weight is 375 g/mol. The summed E-state index contributed by atoms with van der Waals surface area (Å²) in [6.07, 6.45) is 1.19. The van der Waals surface area contributed by atoms with Gasteiger partial charge in [-0.25, -0.2) is 8.42 Å². The lowest BCUT2D eigenvalue weighted by Gasteiger charge is -2.19. The lowest BCUT2D eigenvalue weighted by atomic mass is 9.87. The second-order valence-corrected chi connectivity index (χ2v) is 9.54. The topological polar surface area (TPSA) is 60.4 Å². The van der Waals surface area contributed by atoms with Crippen LogP contribution in [0.25, 0.3) is 0 Å². The van der Waals surface area contributed by atoms with Crippen molar-refractivity contribution in [1.82, 2.24) is 0 Å². The van der Waals surface area contributed by atoms with Gasteiger partial charge in [-0.05, 0) is 53.6 Å². The van der Waals surface area contributed by atoms with Gasteiger partial charge in [-0.3, -0.25) is 4.79 Å². The van der Waals surface area contributed by atoms with Gasteiger partial charge in [-0.15, -0.1) is 0 Å². The summed E-state index contributed by atoms with van der Waals surface area (Å²) in [7, 11) is -3.29. The minimum atomic E-state index is -3.29. The number of hydrogen-bond acceptors (Lipinski definition) is 4. The lowest BCUT2D eigenvalue weighted by Crippen LogP contribution is -2.12. The Morgan fingerprint density at radius 3 is 2.04 bits per heavy atom. The number of ether oxygens (including phenoxy) is 1. The molecule has 0 aliphatic rings. The van der Waals surface area contributed by atoms with E-state index < -0.39 is 9.84 Å². The molecule has 0 amide bonds. The third-order valence-corrected chi connectivity index (χ3v) is 5.96. The molecule has 0 radical (unpaired) electrons. The number of carbonyl (C=O) groups is 1. The number of carbonyl (C=O) groups excluding carboxylic acids is 1. The van der Waals surface area contributed by atoms with E-state index in [9.17, 15) is 13.2 Å². The number of esters is 1. The molecule has 140 valence electrons. The maximum absolute atomic E-state index is 12.5. The molecule has 0 bridgehead atoms. The van der Waals surface area contributed by atoms with Gasteiger partial charge in [0.2, 0.25) is 0 Å². The largest absolute Gasteiger partial charge is 0.427 e. The van der Waals surface area contributed by atoms with E-state index >= 15 is 0 Å². The number of rotatable bonds is 6. The van der Waals surface area contributed by atoms with E-state index in [1.807, 2.05) is 24.3 Å². The zero-order valence-electron chi connectivity index (χ0n) is 15.8. The Morgan fingerprint density at radius 2 is 1.54 bits per heavy atom. The minimum absolute atomic E-state index is 0.000553. The Bertz CT molecular complexity index is 842. The molecule has 4 nitrogen and oxygen atoms in total. The van der Waals surface area contributed by atoms with Crippen molar-refractivity contribution in [3.8, 4) is 5.75 Å². The first kappa shape index (κ1) is 20.2. The van der Waals surface area contributed by atoms with Crippen molar-refractivity contribution in [2.75, 3.05) is 5.75 Å². The van der Waals surface area contributed by atoms with Crippen LogP contribution in [-0.4, -0.2) is 20.1 Å². The molecule has 0 saturated carbocycles. The molecule has 5 heteroatoms. The van der Waals surface area contributed by atoms with E-state index in [0.717, 1.165) is 11.1 Å². The molecule has 0 aliphatic carbocycles. The fourth-order valence-electron chi connectivity index (χ4n) is 2.64. The molecule has 26 heavy (non-hydrogen) atoms. The smallest absolute Gasteiger partial charge is 0.308 e. The molecule has 0 aromatic heterocycles.